The molecule has 1 saturated carbocycles. The van der Waals surface area contributed by atoms with Gasteiger partial charge in [-0.1, -0.05) is 99.1 Å². The summed E-state index contributed by atoms with van der Waals surface area (Å²) in [6.45, 7) is 7.17. The predicted molar refractivity (Wildman–Crippen MR) is 219 cm³/mol. The molecular formula is C45H52N8O4. The van der Waals surface area contributed by atoms with E-state index in [1.165, 1.54) is 0 Å². The minimum Gasteiger partial charge on any atom is -0.465 e. The van der Waals surface area contributed by atoms with Crippen LogP contribution in [0.2, 0.25) is 0 Å². The Balaban J connectivity index is 0.922. The van der Waals surface area contributed by atoms with Crippen molar-refractivity contribution >= 4 is 17.9 Å². The fourth-order valence-electron chi connectivity index (χ4n) is 9.31. The predicted octanol–water partition coefficient (Wildman–Crippen LogP) is 7.98. The molecule has 57 heavy (non-hydrogen) atoms. The summed E-state index contributed by atoms with van der Waals surface area (Å²) in [6, 6.07) is 26.0. The molecule has 0 bridgehead atoms. The zero-order chi connectivity index (χ0) is 39.5. The summed E-state index contributed by atoms with van der Waals surface area (Å²) in [5.74, 6) is 1.41. The lowest BCUT2D eigenvalue weighted by atomic mass is 10.0. The Morgan fingerprint density at radius 2 is 1.25 bits per heavy atom. The minimum absolute atomic E-state index is 0.0191. The number of likely N-dealkylation sites (N-methyl/N-ethyl adjacent to an activating group) is 1. The number of H-pyrrole nitrogens is 2. The van der Waals surface area contributed by atoms with Gasteiger partial charge < -0.3 is 30.2 Å². The zero-order valence-corrected chi connectivity index (χ0v) is 32.7. The van der Waals surface area contributed by atoms with Crippen molar-refractivity contribution in [2.45, 2.75) is 83.0 Å². The first-order chi connectivity index (χ1) is 27.8. The molecule has 3 aliphatic rings. The molecule has 3 unspecified atom stereocenters. The Morgan fingerprint density at radius 3 is 1.79 bits per heavy atom. The average Bonchev–Trinajstić information content (AvgIpc) is 4.09. The number of imidazole rings is 2. The summed E-state index contributed by atoms with van der Waals surface area (Å²) in [4.78, 5) is 61.8. The van der Waals surface area contributed by atoms with Gasteiger partial charge in [0, 0.05) is 19.1 Å². The molecule has 2 aromatic heterocycles. The second kappa shape index (κ2) is 16.8. The Kier molecular flexibility index (Phi) is 11.2. The van der Waals surface area contributed by atoms with Crippen LogP contribution in [0, 0.1) is 5.92 Å². The van der Waals surface area contributed by atoms with E-state index in [9.17, 15) is 19.5 Å². The third-order valence-corrected chi connectivity index (χ3v) is 12.3. The standard InChI is InChI=1S/C45H52N8O4/c1-3-51(4-2)40(33-11-6-5-7-12-33)44(55)53-26-10-16-39(53)42-47-28-37(49-42)32-23-19-30(20-24-32)29-17-21-31(22-18-29)36-27-46-41(48-36)38-15-9-25-52(38)43(54)34-13-8-14-35(34)50-45(56)57/h5-7,11-12,17-24,27-28,34-35,38-40,50H,3-4,8-10,13-16,25-26H2,1-2H3,(H,46,48)(H,47,49)(H,56,57)/t34-,35-,38?,39?,40?/m1/s1. The summed E-state index contributed by atoms with van der Waals surface area (Å²) < 4.78 is 0. The van der Waals surface area contributed by atoms with Gasteiger partial charge in [-0.3, -0.25) is 14.5 Å². The van der Waals surface area contributed by atoms with Crippen LogP contribution in [0.1, 0.15) is 94.1 Å². The molecule has 2 aliphatic heterocycles. The molecule has 2 saturated heterocycles. The lowest BCUT2D eigenvalue weighted by molar-refractivity contribution is -0.138. The van der Waals surface area contributed by atoms with Crippen molar-refractivity contribution in [1.29, 1.82) is 0 Å². The third kappa shape index (κ3) is 7.83. The molecule has 1 aliphatic carbocycles. The monoisotopic (exact) mass is 768 g/mol. The summed E-state index contributed by atoms with van der Waals surface area (Å²) >= 11 is 0. The molecule has 3 amide bonds. The maximum Gasteiger partial charge on any atom is 0.404 e. The zero-order valence-electron chi connectivity index (χ0n) is 32.7. The molecule has 0 radical (unpaired) electrons. The van der Waals surface area contributed by atoms with Gasteiger partial charge in [-0.25, -0.2) is 14.8 Å². The lowest BCUT2D eigenvalue weighted by Crippen LogP contribution is -2.45. The van der Waals surface area contributed by atoms with Crippen LogP contribution in [-0.2, 0) is 9.59 Å². The maximum absolute atomic E-state index is 14.2. The van der Waals surface area contributed by atoms with Gasteiger partial charge in [0.15, 0.2) is 0 Å². The summed E-state index contributed by atoms with van der Waals surface area (Å²) in [5.41, 5.74) is 7.05. The Morgan fingerprint density at radius 1 is 0.719 bits per heavy atom. The molecule has 12 heteroatoms. The van der Waals surface area contributed by atoms with Gasteiger partial charge in [-0.2, -0.15) is 0 Å². The second-order valence-electron chi connectivity index (χ2n) is 15.5. The van der Waals surface area contributed by atoms with Crippen LogP contribution in [-0.4, -0.2) is 89.9 Å². The number of likely N-dealkylation sites (tertiary alicyclic amines) is 2. The van der Waals surface area contributed by atoms with Crippen molar-refractivity contribution in [2.75, 3.05) is 26.2 Å². The van der Waals surface area contributed by atoms with Crippen molar-refractivity contribution in [3.05, 3.63) is 108 Å². The number of carbonyl (C=O) groups excluding carboxylic acids is 2. The molecular weight excluding hydrogens is 717 g/mol. The van der Waals surface area contributed by atoms with Crippen LogP contribution >= 0.6 is 0 Å². The van der Waals surface area contributed by atoms with E-state index in [0.717, 1.165) is 103 Å². The normalized spacial score (nSPS) is 21.3. The fourth-order valence-corrected chi connectivity index (χ4v) is 9.31. The van der Waals surface area contributed by atoms with Crippen molar-refractivity contribution in [2.24, 2.45) is 5.92 Å². The van der Waals surface area contributed by atoms with Gasteiger partial charge in [0.2, 0.25) is 11.8 Å². The molecule has 4 N–H and O–H groups in total. The third-order valence-electron chi connectivity index (χ3n) is 12.3. The molecule has 0 spiro atoms. The number of benzene rings is 3. The van der Waals surface area contributed by atoms with E-state index >= 15 is 0 Å². The van der Waals surface area contributed by atoms with Crippen molar-refractivity contribution in [3.63, 3.8) is 0 Å². The van der Waals surface area contributed by atoms with Gasteiger partial charge in [0.05, 0.1) is 41.8 Å². The highest BCUT2D eigenvalue weighted by Crippen LogP contribution is 2.38. The smallest absolute Gasteiger partial charge is 0.404 e. The molecule has 8 rings (SSSR count). The number of hydrogen-bond acceptors (Lipinski definition) is 6. The number of aromatic amines is 2. The molecule has 3 aromatic carbocycles. The van der Waals surface area contributed by atoms with Crippen LogP contribution in [0.25, 0.3) is 33.6 Å². The number of amides is 3. The van der Waals surface area contributed by atoms with Gasteiger partial charge in [0.1, 0.15) is 17.7 Å². The number of rotatable bonds is 12. The van der Waals surface area contributed by atoms with E-state index in [1.54, 1.807) is 0 Å². The first-order valence-corrected chi connectivity index (χ1v) is 20.5. The van der Waals surface area contributed by atoms with Crippen molar-refractivity contribution < 1.29 is 19.5 Å². The molecule has 5 atom stereocenters. The van der Waals surface area contributed by atoms with E-state index in [2.05, 4.69) is 94.7 Å². The van der Waals surface area contributed by atoms with E-state index in [4.69, 9.17) is 9.97 Å². The van der Waals surface area contributed by atoms with E-state index < -0.39 is 6.09 Å². The number of carbonyl (C=O) groups is 3. The lowest BCUT2D eigenvalue weighted by Gasteiger charge is -2.34. The number of nitrogens with zero attached hydrogens (tertiary/aromatic N) is 5. The van der Waals surface area contributed by atoms with Gasteiger partial charge in [-0.05, 0) is 79.4 Å². The molecule has 4 heterocycles. The number of aromatic nitrogens is 4. The SMILES string of the molecule is CCN(CC)C(C(=O)N1CCCC1c1ncc(-c2ccc(-c3ccc(-c4cnc(C5CCCN5C(=O)[C@@H]5CCC[C@H]5NC(=O)O)[nH]4)cc3)cc2)[nH]1)c1ccccc1. The quantitative estimate of drug-likeness (QED) is 0.101. The van der Waals surface area contributed by atoms with Gasteiger partial charge in [-0.15, -0.1) is 0 Å². The van der Waals surface area contributed by atoms with Crippen LogP contribution in [0.5, 0.6) is 0 Å². The van der Waals surface area contributed by atoms with Crippen LogP contribution in [0.15, 0.2) is 91.3 Å². The summed E-state index contributed by atoms with van der Waals surface area (Å²) in [7, 11) is 0. The van der Waals surface area contributed by atoms with E-state index in [1.807, 2.05) is 40.4 Å². The summed E-state index contributed by atoms with van der Waals surface area (Å²) in [5, 5.41) is 11.8. The topological polar surface area (TPSA) is 151 Å². The highest BCUT2D eigenvalue weighted by atomic mass is 16.4. The largest absolute Gasteiger partial charge is 0.465 e. The molecule has 3 fully saturated rings. The Hall–Kier alpha value is -5.75. The van der Waals surface area contributed by atoms with E-state index in [0.29, 0.717) is 19.4 Å². The highest BCUT2D eigenvalue weighted by Gasteiger charge is 2.41. The Bertz CT molecular complexity index is 2160. The van der Waals surface area contributed by atoms with Gasteiger partial charge >= 0.3 is 6.09 Å². The molecule has 5 aromatic rings. The number of nitrogens with one attached hydrogen (secondary N) is 3. The molecule has 296 valence electrons. The van der Waals surface area contributed by atoms with Crippen molar-refractivity contribution in [1.82, 2.24) is 40.0 Å². The highest BCUT2D eigenvalue weighted by molar-refractivity contribution is 5.84. The first kappa shape index (κ1) is 38.1. The fraction of sp³-hybridized carbons (Fsp3) is 0.400. The van der Waals surface area contributed by atoms with Crippen molar-refractivity contribution in [3.8, 4) is 33.6 Å². The number of hydrogen-bond donors (Lipinski definition) is 4. The number of carboxylic acid groups (broad SMARTS) is 1. The maximum atomic E-state index is 14.2. The second-order valence-corrected chi connectivity index (χ2v) is 15.5. The average molecular weight is 769 g/mol. The van der Waals surface area contributed by atoms with Gasteiger partial charge in [0.25, 0.3) is 0 Å². The Labute approximate surface area is 333 Å². The first-order valence-electron chi connectivity index (χ1n) is 20.5. The van der Waals surface area contributed by atoms with Crippen LogP contribution in [0.3, 0.4) is 0 Å². The summed E-state index contributed by atoms with van der Waals surface area (Å²) in [6.07, 6.45) is 8.38. The van der Waals surface area contributed by atoms with Crippen LogP contribution in [0.4, 0.5) is 4.79 Å². The van der Waals surface area contributed by atoms with Crippen LogP contribution < -0.4 is 5.32 Å². The van der Waals surface area contributed by atoms with E-state index in [-0.39, 0.29) is 41.9 Å². The minimum atomic E-state index is -1.08. The molecule has 12 nitrogen and oxygen atoms in total.